The summed E-state index contributed by atoms with van der Waals surface area (Å²) in [5.41, 5.74) is 6.67. The molecule has 0 radical (unpaired) electrons. The van der Waals surface area contributed by atoms with Gasteiger partial charge < -0.3 is 19.5 Å². The van der Waals surface area contributed by atoms with Gasteiger partial charge in [-0.3, -0.25) is 10.2 Å². The Morgan fingerprint density at radius 1 is 1.24 bits per heavy atom. The molecular weight excluding hydrogens is 326 g/mol. The zero-order valence-electron chi connectivity index (χ0n) is 14.5. The summed E-state index contributed by atoms with van der Waals surface area (Å²) in [6.45, 7) is 1.67. The maximum absolute atomic E-state index is 11.7. The van der Waals surface area contributed by atoms with E-state index in [9.17, 15) is 9.59 Å². The van der Waals surface area contributed by atoms with Gasteiger partial charge in [-0.15, -0.1) is 0 Å². The van der Waals surface area contributed by atoms with Gasteiger partial charge in [0.05, 0.1) is 20.4 Å². The summed E-state index contributed by atoms with van der Waals surface area (Å²) in [5, 5.41) is 2.72. The number of esters is 1. The van der Waals surface area contributed by atoms with Crippen LogP contribution in [0.3, 0.4) is 0 Å². The van der Waals surface area contributed by atoms with Gasteiger partial charge >= 0.3 is 5.97 Å². The molecule has 1 fully saturated rings. The van der Waals surface area contributed by atoms with Crippen LogP contribution < -0.4 is 25.6 Å². The first-order chi connectivity index (χ1) is 12.0. The Labute approximate surface area is 146 Å². The SMILES string of the molecule is COc1ccc(/C=C/C(=O)OCC(=O)NC2CC(C)NN2)cc1OC. The van der Waals surface area contributed by atoms with Crippen LogP contribution in [0, 0.1) is 0 Å². The van der Waals surface area contributed by atoms with Crippen molar-refractivity contribution in [1.82, 2.24) is 16.2 Å². The molecule has 8 nitrogen and oxygen atoms in total. The fourth-order valence-electron chi connectivity index (χ4n) is 2.35. The minimum Gasteiger partial charge on any atom is -0.493 e. The van der Waals surface area contributed by atoms with Gasteiger partial charge in [-0.1, -0.05) is 6.07 Å². The molecule has 25 heavy (non-hydrogen) atoms. The van der Waals surface area contributed by atoms with Crippen molar-refractivity contribution in [2.45, 2.75) is 25.6 Å². The van der Waals surface area contributed by atoms with Crippen LogP contribution in [0.15, 0.2) is 24.3 Å². The quantitative estimate of drug-likeness (QED) is 0.489. The first-order valence-corrected chi connectivity index (χ1v) is 7.89. The van der Waals surface area contributed by atoms with Gasteiger partial charge in [0.15, 0.2) is 18.1 Å². The highest BCUT2D eigenvalue weighted by Crippen LogP contribution is 2.27. The summed E-state index contributed by atoms with van der Waals surface area (Å²) in [6.07, 6.45) is 3.43. The monoisotopic (exact) mass is 349 g/mol. The van der Waals surface area contributed by atoms with Crippen LogP contribution in [-0.4, -0.2) is 44.9 Å². The van der Waals surface area contributed by atoms with E-state index in [-0.39, 0.29) is 24.7 Å². The van der Waals surface area contributed by atoms with E-state index in [1.165, 1.54) is 13.2 Å². The van der Waals surface area contributed by atoms with Crippen LogP contribution in [0.1, 0.15) is 18.9 Å². The number of carbonyl (C=O) groups is 2. The summed E-state index contributed by atoms with van der Waals surface area (Å²) in [7, 11) is 3.08. The minimum absolute atomic E-state index is 0.163. The number of ether oxygens (including phenoxy) is 3. The van der Waals surface area contributed by atoms with Crippen molar-refractivity contribution in [2.75, 3.05) is 20.8 Å². The lowest BCUT2D eigenvalue weighted by molar-refractivity contribution is -0.144. The third-order valence-corrected chi connectivity index (χ3v) is 3.59. The van der Waals surface area contributed by atoms with E-state index in [1.807, 2.05) is 6.92 Å². The zero-order valence-corrected chi connectivity index (χ0v) is 14.5. The number of nitrogens with one attached hydrogen (secondary N) is 3. The molecule has 1 aromatic rings. The number of hydrazine groups is 1. The molecule has 0 spiro atoms. The lowest BCUT2D eigenvalue weighted by atomic mass is 10.2. The molecule has 3 N–H and O–H groups in total. The summed E-state index contributed by atoms with van der Waals surface area (Å²) < 4.78 is 15.3. The molecule has 136 valence electrons. The van der Waals surface area contributed by atoms with Crippen molar-refractivity contribution in [3.8, 4) is 11.5 Å². The van der Waals surface area contributed by atoms with Gasteiger partial charge in [0.2, 0.25) is 0 Å². The van der Waals surface area contributed by atoms with E-state index in [0.717, 1.165) is 12.0 Å². The molecule has 0 bridgehead atoms. The third kappa shape index (κ3) is 5.77. The number of carbonyl (C=O) groups excluding carboxylic acids is 2. The Balaban J connectivity index is 1.79. The van der Waals surface area contributed by atoms with Crippen molar-refractivity contribution in [1.29, 1.82) is 0 Å². The first kappa shape index (κ1) is 18.8. The van der Waals surface area contributed by atoms with Crippen LogP contribution in [0.4, 0.5) is 0 Å². The normalized spacial score (nSPS) is 19.6. The summed E-state index contributed by atoms with van der Waals surface area (Å²) >= 11 is 0. The summed E-state index contributed by atoms with van der Waals surface area (Å²) in [6, 6.07) is 5.52. The molecule has 8 heteroatoms. The number of amides is 1. The number of hydrogen-bond donors (Lipinski definition) is 3. The van der Waals surface area contributed by atoms with Crippen LogP contribution in [0.25, 0.3) is 6.08 Å². The van der Waals surface area contributed by atoms with Crippen LogP contribution in [-0.2, 0) is 14.3 Å². The standard InChI is InChI=1S/C17H23N3O5/c1-11-8-15(20-19-11)18-16(21)10-25-17(22)7-5-12-4-6-13(23-2)14(9-12)24-3/h4-7,9,11,15,19-20H,8,10H2,1-3H3,(H,18,21)/b7-5+. The summed E-state index contributed by atoms with van der Waals surface area (Å²) in [4.78, 5) is 23.4. The predicted molar refractivity (Wildman–Crippen MR) is 91.8 cm³/mol. The van der Waals surface area contributed by atoms with Gasteiger partial charge in [-0.2, -0.15) is 0 Å². The Bertz CT molecular complexity index is 647. The fraction of sp³-hybridized carbons (Fsp3) is 0.412. The minimum atomic E-state index is -0.601. The van der Waals surface area contributed by atoms with E-state index in [4.69, 9.17) is 14.2 Å². The fourth-order valence-corrected chi connectivity index (χ4v) is 2.35. The van der Waals surface area contributed by atoms with E-state index in [1.54, 1.807) is 31.4 Å². The molecule has 1 amide bonds. The smallest absolute Gasteiger partial charge is 0.331 e. The number of methoxy groups -OCH3 is 2. The topological polar surface area (TPSA) is 97.9 Å². The highest BCUT2D eigenvalue weighted by atomic mass is 16.5. The second-order valence-corrected chi connectivity index (χ2v) is 5.60. The van der Waals surface area contributed by atoms with E-state index in [2.05, 4.69) is 16.2 Å². The third-order valence-electron chi connectivity index (χ3n) is 3.59. The van der Waals surface area contributed by atoms with E-state index < -0.39 is 5.97 Å². The van der Waals surface area contributed by atoms with Gasteiger partial charge in [-0.05, 0) is 37.1 Å². The van der Waals surface area contributed by atoms with Crippen LogP contribution in [0.2, 0.25) is 0 Å². The van der Waals surface area contributed by atoms with Gasteiger partial charge in [0.1, 0.15) is 0 Å². The van der Waals surface area contributed by atoms with Crippen molar-refractivity contribution in [3.05, 3.63) is 29.8 Å². The second kappa shape index (κ2) is 9.05. The Morgan fingerprint density at radius 2 is 2.00 bits per heavy atom. The molecule has 0 saturated carbocycles. The molecule has 1 aliphatic rings. The number of rotatable bonds is 7. The lowest BCUT2D eigenvalue weighted by Gasteiger charge is -2.11. The van der Waals surface area contributed by atoms with Gasteiger partial charge in [0.25, 0.3) is 5.91 Å². The highest BCUT2D eigenvalue weighted by molar-refractivity contribution is 5.89. The van der Waals surface area contributed by atoms with Crippen molar-refractivity contribution in [3.63, 3.8) is 0 Å². The molecule has 2 rings (SSSR count). The van der Waals surface area contributed by atoms with E-state index in [0.29, 0.717) is 11.5 Å². The molecule has 1 saturated heterocycles. The van der Waals surface area contributed by atoms with Crippen LogP contribution >= 0.6 is 0 Å². The molecule has 0 aliphatic carbocycles. The molecule has 1 aromatic carbocycles. The van der Waals surface area contributed by atoms with Gasteiger partial charge in [-0.25, -0.2) is 10.2 Å². The Morgan fingerprint density at radius 3 is 2.64 bits per heavy atom. The predicted octanol–water partition coefficient (Wildman–Crippen LogP) is 0.589. The Hall–Kier alpha value is -2.58. The Kier molecular flexibility index (Phi) is 6.79. The van der Waals surface area contributed by atoms with Crippen molar-refractivity contribution in [2.24, 2.45) is 0 Å². The maximum atomic E-state index is 11.7. The lowest BCUT2D eigenvalue weighted by Crippen LogP contribution is -2.45. The van der Waals surface area contributed by atoms with E-state index >= 15 is 0 Å². The summed E-state index contributed by atoms with van der Waals surface area (Å²) in [5.74, 6) is 0.199. The molecule has 1 aliphatic heterocycles. The molecule has 1 heterocycles. The molecule has 2 atom stereocenters. The van der Waals surface area contributed by atoms with Crippen molar-refractivity contribution >= 4 is 18.0 Å². The number of benzene rings is 1. The first-order valence-electron chi connectivity index (χ1n) is 7.89. The average molecular weight is 349 g/mol. The largest absolute Gasteiger partial charge is 0.493 e. The molecular formula is C17H23N3O5. The van der Waals surface area contributed by atoms with Crippen molar-refractivity contribution < 1.29 is 23.8 Å². The number of hydrogen-bond acceptors (Lipinski definition) is 7. The second-order valence-electron chi connectivity index (χ2n) is 5.60. The highest BCUT2D eigenvalue weighted by Gasteiger charge is 2.21. The van der Waals surface area contributed by atoms with Gasteiger partial charge in [0, 0.05) is 12.1 Å². The zero-order chi connectivity index (χ0) is 18.2. The molecule has 0 aromatic heterocycles. The average Bonchev–Trinajstić information content (AvgIpc) is 3.02. The van der Waals surface area contributed by atoms with Crippen LogP contribution in [0.5, 0.6) is 11.5 Å². The molecule has 2 unspecified atom stereocenters. The maximum Gasteiger partial charge on any atom is 0.331 e.